The van der Waals surface area contributed by atoms with E-state index in [0.717, 1.165) is 23.9 Å². The molecule has 1 aromatic carbocycles. The number of hydrogen-bond acceptors (Lipinski definition) is 3. The van der Waals surface area contributed by atoms with E-state index in [4.69, 9.17) is 0 Å². The van der Waals surface area contributed by atoms with Crippen LogP contribution in [0.3, 0.4) is 0 Å². The number of benzene rings is 1. The van der Waals surface area contributed by atoms with E-state index in [2.05, 4.69) is 15.3 Å². The van der Waals surface area contributed by atoms with Crippen LogP contribution in [-0.2, 0) is 4.79 Å². The van der Waals surface area contributed by atoms with Crippen LogP contribution in [0.15, 0.2) is 24.3 Å². The number of nitrogens with one attached hydrogen (secondary N) is 2. The van der Waals surface area contributed by atoms with E-state index in [9.17, 15) is 9.59 Å². The normalized spacial score (nSPS) is 25.0. The van der Waals surface area contributed by atoms with Gasteiger partial charge in [0.25, 0.3) is 5.91 Å². The summed E-state index contributed by atoms with van der Waals surface area (Å²) in [6, 6.07) is 7.68. The van der Waals surface area contributed by atoms with Gasteiger partial charge in [-0.25, -0.2) is 4.98 Å². The highest BCUT2D eigenvalue weighted by Gasteiger charge is 2.41. The molecule has 0 unspecified atom stereocenters. The quantitative estimate of drug-likeness (QED) is 0.822. The zero-order valence-corrected chi connectivity index (χ0v) is 11.5. The standard InChI is InChI=1S/C15H16N4O2/c20-13-7-9-5-6-10(8-16-13)19(9)15(21)14-17-11-3-1-2-4-12(11)18-14/h1-4,9-10H,5-8H2,(H,16,20)(H,17,18)/t9-,10+/m1/s1. The van der Waals surface area contributed by atoms with E-state index in [1.807, 2.05) is 29.2 Å². The third kappa shape index (κ3) is 1.98. The fourth-order valence-corrected chi connectivity index (χ4v) is 3.39. The van der Waals surface area contributed by atoms with Crippen molar-refractivity contribution in [2.75, 3.05) is 6.54 Å². The van der Waals surface area contributed by atoms with Crippen LogP contribution in [0.4, 0.5) is 0 Å². The number of rotatable bonds is 1. The molecule has 2 bridgehead atoms. The Hall–Kier alpha value is -2.37. The van der Waals surface area contributed by atoms with Crippen molar-refractivity contribution >= 4 is 22.8 Å². The van der Waals surface area contributed by atoms with Crippen LogP contribution >= 0.6 is 0 Å². The van der Waals surface area contributed by atoms with Gasteiger partial charge in [0, 0.05) is 25.0 Å². The Morgan fingerprint density at radius 3 is 2.90 bits per heavy atom. The number of para-hydroxylation sites is 2. The first-order valence-corrected chi connectivity index (χ1v) is 7.26. The van der Waals surface area contributed by atoms with Crippen molar-refractivity contribution < 1.29 is 9.59 Å². The van der Waals surface area contributed by atoms with E-state index in [1.54, 1.807) is 0 Å². The van der Waals surface area contributed by atoms with Gasteiger partial charge < -0.3 is 15.2 Å². The first-order chi connectivity index (χ1) is 10.2. The second kappa shape index (κ2) is 4.58. The Bertz CT molecular complexity index is 690. The Morgan fingerprint density at radius 1 is 1.24 bits per heavy atom. The molecule has 3 heterocycles. The SMILES string of the molecule is O=C1C[C@H]2CC[C@@H](CN1)N2C(=O)c1nc2ccccc2[nH]1. The number of carbonyl (C=O) groups excluding carboxylic acids is 2. The number of carbonyl (C=O) groups is 2. The molecule has 2 aromatic rings. The molecule has 0 saturated carbocycles. The van der Waals surface area contributed by atoms with Gasteiger partial charge in [0.15, 0.2) is 5.82 Å². The van der Waals surface area contributed by atoms with Crippen molar-refractivity contribution in [1.82, 2.24) is 20.2 Å². The molecule has 0 aliphatic carbocycles. The average Bonchev–Trinajstić information content (AvgIpc) is 3.03. The molecule has 108 valence electrons. The predicted octanol–water partition coefficient (Wildman–Crippen LogP) is 1.06. The van der Waals surface area contributed by atoms with Crippen molar-refractivity contribution in [3.63, 3.8) is 0 Å². The number of hydrogen-bond donors (Lipinski definition) is 2. The maximum Gasteiger partial charge on any atom is 0.290 e. The van der Waals surface area contributed by atoms with Crippen LogP contribution in [0.1, 0.15) is 29.9 Å². The molecule has 21 heavy (non-hydrogen) atoms. The molecule has 2 amide bonds. The number of aromatic amines is 1. The highest BCUT2D eigenvalue weighted by atomic mass is 16.2. The zero-order valence-electron chi connectivity index (χ0n) is 11.5. The zero-order chi connectivity index (χ0) is 14.4. The third-order valence-electron chi connectivity index (χ3n) is 4.40. The number of aromatic nitrogens is 2. The predicted molar refractivity (Wildman–Crippen MR) is 76.7 cm³/mol. The number of amides is 2. The summed E-state index contributed by atoms with van der Waals surface area (Å²) in [4.78, 5) is 33.7. The summed E-state index contributed by atoms with van der Waals surface area (Å²) in [6.45, 7) is 0.543. The molecule has 0 radical (unpaired) electrons. The van der Waals surface area contributed by atoms with E-state index < -0.39 is 0 Å². The molecule has 2 fully saturated rings. The van der Waals surface area contributed by atoms with Crippen molar-refractivity contribution in [1.29, 1.82) is 0 Å². The number of H-pyrrole nitrogens is 1. The molecule has 0 spiro atoms. The van der Waals surface area contributed by atoms with Crippen molar-refractivity contribution in [3.05, 3.63) is 30.1 Å². The first kappa shape index (κ1) is 12.4. The van der Waals surface area contributed by atoms with Crippen molar-refractivity contribution in [3.8, 4) is 0 Å². The van der Waals surface area contributed by atoms with E-state index in [-0.39, 0.29) is 23.9 Å². The maximum absolute atomic E-state index is 12.8. The van der Waals surface area contributed by atoms with Gasteiger partial charge in [-0.2, -0.15) is 0 Å². The molecular weight excluding hydrogens is 268 g/mol. The van der Waals surface area contributed by atoms with Crippen LogP contribution in [0, 0.1) is 0 Å². The van der Waals surface area contributed by atoms with Crippen molar-refractivity contribution in [2.24, 2.45) is 0 Å². The summed E-state index contributed by atoms with van der Waals surface area (Å²) in [5, 5.41) is 2.88. The van der Waals surface area contributed by atoms with Gasteiger partial charge in [0.2, 0.25) is 5.91 Å². The second-order valence-electron chi connectivity index (χ2n) is 5.71. The fourth-order valence-electron chi connectivity index (χ4n) is 3.39. The number of fused-ring (bicyclic) bond motifs is 3. The van der Waals surface area contributed by atoms with E-state index >= 15 is 0 Å². The average molecular weight is 284 g/mol. The summed E-state index contributed by atoms with van der Waals surface area (Å²) >= 11 is 0. The number of nitrogens with zero attached hydrogens (tertiary/aromatic N) is 2. The van der Waals surface area contributed by atoms with E-state index in [1.165, 1.54) is 0 Å². The minimum absolute atomic E-state index is 0.00166. The lowest BCUT2D eigenvalue weighted by atomic mass is 10.1. The summed E-state index contributed by atoms with van der Waals surface area (Å²) in [5.74, 6) is 0.294. The summed E-state index contributed by atoms with van der Waals surface area (Å²) in [6.07, 6.45) is 2.23. The highest BCUT2D eigenvalue weighted by Crippen LogP contribution is 2.29. The summed E-state index contributed by atoms with van der Waals surface area (Å²) < 4.78 is 0. The minimum Gasteiger partial charge on any atom is -0.354 e. The second-order valence-corrected chi connectivity index (χ2v) is 5.71. The lowest BCUT2D eigenvalue weighted by Crippen LogP contribution is -2.42. The third-order valence-corrected chi connectivity index (χ3v) is 4.40. The Morgan fingerprint density at radius 2 is 2.05 bits per heavy atom. The Labute approximate surface area is 121 Å². The fraction of sp³-hybridized carbons (Fsp3) is 0.400. The van der Waals surface area contributed by atoms with Gasteiger partial charge in [0.1, 0.15) is 0 Å². The lowest BCUT2D eigenvalue weighted by Gasteiger charge is -2.26. The molecule has 2 aliphatic rings. The van der Waals surface area contributed by atoms with Crippen LogP contribution in [0.25, 0.3) is 11.0 Å². The number of imidazole rings is 1. The first-order valence-electron chi connectivity index (χ1n) is 7.26. The van der Waals surface area contributed by atoms with E-state index in [0.29, 0.717) is 18.8 Å². The topological polar surface area (TPSA) is 78.1 Å². The van der Waals surface area contributed by atoms with Crippen LogP contribution < -0.4 is 5.32 Å². The molecule has 2 aliphatic heterocycles. The van der Waals surface area contributed by atoms with Gasteiger partial charge in [-0.15, -0.1) is 0 Å². The van der Waals surface area contributed by atoms with Crippen LogP contribution in [-0.4, -0.2) is 45.3 Å². The Kier molecular flexibility index (Phi) is 2.70. The van der Waals surface area contributed by atoms with Crippen molar-refractivity contribution in [2.45, 2.75) is 31.3 Å². The van der Waals surface area contributed by atoms with Gasteiger partial charge in [0.05, 0.1) is 11.0 Å². The van der Waals surface area contributed by atoms with Gasteiger partial charge in [-0.3, -0.25) is 9.59 Å². The Balaban J connectivity index is 1.68. The maximum atomic E-state index is 12.8. The van der Waals surface area contributed by atoms with Crippen LogP contribution in [0.5, 0.6) is 0 Å². The lowest BCUT2D eigenvalue weighted by molar-refractivity contribution is -0.121. The largest absolute Gasteiger partial charge is 0.354 e. The highest BCUT2D eigenvalue weighted by molar-refractivity contribution is 5.95. The van der Waals surface area contributed by atoms with Gasteiger partial charge in [-0.1, -0.05) is 12.1 Å². The summed E-state index contributed by atoms with van der Waals surface area (Å²) in [5.41, 5.74) is 1.65. The monoisotopic (exact) mass is 284 g/mol. The molecule has 6 heteroatoms. The molecule has 6 nitrogen and oxygen atoms in total. The molecule has 2 saturated heterocycles. The summed E-state index contributed by atoms with van der Waals surface area (Å²) in [7, 11) is 0. The molecule has 2 N–H and O–H groups in total. The smallest absolute Gasteiger partial charge is 0.290 e. The molecule has 1 aromatic heterocycles. The molecule has 4 rings (SSSR count). The minimum atomic E-state index is -0.102. The van der Waals surface area contributed by atoms with Gasteiger partial charge in [-0.05, 0) is 25.0 Å². The van der Waals surface area contributed by atoms with Crippen LogP contribution in [0.2, 0.25) is 0 Å². The molecular formula is C15H16N4O2. The van der Waals surface area contributed by atoms with Gasteiger partial charge >= 0.3 is 0 Å². The molecule has 2 atom stereocenters.